The molecule has 0 saturated heterocycles. The van der Waals surface area contributed by atoms with Crippen LogP contribution < -0.4 is 5.32 Å². The van der Waals surface area contributed by atoms with E-state index in [1.165, 1.54) is 161 Å². The molecule has 0 aliphatic heterocycles. The van der Waals surface area contributed by atoms with Crippen LogP contribution >= 0.6 is 0 Å². The van der Waals surface area contributed by atoms with Gasteiger partial charge in [-0.2, -0.15) is 0 Å². The summed E-state index contributed by atoms with van der Waals surface area (Å²) in [6.45, 7) is 6.46. The first kappa shape index (κ1) is 57.3. The van der Waals surface area contributed by atoms with Crippen LogP contribution in [-0.2, 0) is 14.3 Å². The molecule has 0 rings (SSSR count). The van der Waals surface area contributed by atoms with Crippen molar-refractivity contribution in [2.24, 2.45) is 0 Å². The highest BCUT2D eigenvalue weighted by molar-refractivity contribution is 5.77. The average Bonchev–Trinajstić information content (AvgIpc) is 3.23. The van der Waals surface area contributed by atoms with E-state index in [0.717, 1.165) is 70.6 Å². The lowest BCUT2D eigenvalue weighted by atomic mass is 10.0. The van der Waals surface area contributed by atoms with Crippen LogP contribution in [0.2, 0.25) is 0 Å². The van der Waals surface area contributed by atoms with Crippen molar-refractivity contribution in [2.75, 3.05) is 6.61 Å². The van der Waals surface area contributed by atoms with E-state index in [-0.39, 0.29) is 24.9 Å². The minimum Gasteiger partial charge on any atom is -0.462 e. The maximum Gasteiger partial charge on any atom is 0.306 e. The number of carbonyl (C=O) groups excluding carboxylic acids is 2. The van der Waals surface area contributed by atoms with Gasteiger partial charge < -0.3 is 20.3 Å². The van der Waals surface area contributed by atoms with Crippen LogP contribution in [0.1, 0.15) is 278 Å². The zero-order valence-electron chi connectivity index (χ0n) is 39.7. The average molecular weight is 832 g/mol. The highest BCUT2D eigenvalue weighted by Crippen LogP contribution is 2.18. The standard InChI is InChI=1S/C53H101NO5/c1-4-7-10-13-16-19-22-24-26-27-29-31-34-37-40-43-46-53(58)59-49(44-41-38-35-32-21-18-15-12-9-6-3)47-52(57)54-50(48-55)51(56)45-42-39-36-33-30-28-25-23-20-17-14-11-8-5-2/h18,21,26-27,49-51,55-56H,4-17,19-20,22-25,28-48H2,1-3H3,(H,54,57)/b21-18-,27-26+. The Labute approximate surface area is 367 Å². The van der Waals surface area contributed by atoms with Crippen molar-refractivity contribution in [3.8, 4) is 0 Å². The summed E-state index contributed by atoms with van der Waals surface area (Å²) in [5.41, 5.74) is 0. The highest BCUT2D eigenvalue weighted by atomic mass is 16.5. The molecule has 0 aromatic rings. The number of rotatable bonds is 47. The van der Waals surface area contributed by atoms with E-state index < -0.39 is 18.2 Å². The predicted octanol–water partition coefficient (Wildman–Crippen LogP) is 15.5. The molecule has 0 aliphatic carbocycles. The third-order valence-corrected chi connectivity index (χ3v) is 12.0. The number of carbonyl (C=O) groups is 2. The third kappa shape index (κ3) is 42.8. The number of aliphatic hydroxyl groups is 2. The van der Waals surface area contributed by atoms with Crippen LogP contribution in [0, 0.1) is 0 Å². The second-order valence-electron chi connectivity index (χ2n) is 17.9. The summed E-state index contributed by atoms with van der Waals surface area (Å²) in [7, 11) is 0. The molecule has 3 unspecified atom stereocenters. The lowest BCUT2D eigenvalue weighted by Gasteiger charge is -2.24. The summed E-state index contributed by atoms with van der Waals surface area (Å²) in [6.07, 6.45) is 53.8. The number of hydrogen-bond acceptors (Lipinski definition) is 5. The molecule has 59 heavy (non-hydrogen) atoms. The Morgan fingerprint density at radius 1 is 0.475 bits per heavy atom. The molecule has 1 amide bonds. The largest absolute Gasteiger partial charge is 0.462 e. The molecule has 6 nitrogen and oxygen atoms in total. The number of hydrogen-bond donors (Lipinski definition) is 3. The fraction of sp³-hybridized carbons (Fsp3) is 0.887. The number of amides is 1. The summed E-state index contributed by atoms with van der Waals surface area (Å²) < 4.78 is 5.91. The van der Waals surface area contributed by atoms with E-state index in [1.54, 1.807) is 0 Å². The predicted molar refractivity (Wildman–Crippen MR) is 255 cm³/mol. The van der Waals surface area contributed by atoms with Gasteiger partial charge >= 0.3 is 5.97 Å². The van der Waals surface area contributed by atoms with E-state index in [1.807, 2.05) is 0 Å². The summed E-state index contributed by atoms with van der Waals surface area (Å²) >= 11 is 0. The minimum atomic E-state index is -0.789. The topological polar surface area (TPSA) is 95.9 Å². The number of nitrogens with one attached hydrogen (secondary N) is 1. The normalized spacial score (nSPS) is 13.4. The molecule has 0 aromatic carbocycles. The molecular formula is C53H101NO5. The van der Waals surface area contributed by atoms with Crippen molar-refractivity contribution in [3.05, 3.63) is 24.3 Å². The maximum absolute atomic E-state index is 13.2. The van der Waals surface area contributed by atoms with E-state index >= 15 is 0 Å². The van der Waals surface area contributed by atoms with Gasteiger partial charge in [0.25, 0.3) is 0 Å². The van der Waals surface area contributed by atoms with Crippen molar-refractivity contribution >= 4 is 11.9 Å². The van der Waals surface area contributed by atoms with Crippen molar-refractivity contribution in [2.45, 2.75) is 296 Å². The maximum atomic E-state index is 13.2. The fourth-order valence-electron chi connectivity index (χ4n) is 8.01. The monoisotopic (exact) mass is 832 g/mol. The minimum absolute atomic E-state index is 0.0671. The first-order valence-electron chi connectivity index (χ1n) is 26.1. The zero-order valence-corrected chi connectivity index (χ0v) is 39.7. The Hall–Kier alpha value is -1.66. The van der Waals surface area contributed by atoms with Gasteiger partial charge in [0.15, 0.2) is 0 Å². The van der Waals surface area contributed by atoms with Gasteiger partial charge in [0.2, 0.25) is 5.91 Å². The highest BCUT2D eigenvalue weighted by Gasteiger charge is 2.24. The molecule has 0 aliphatic rings. The first-order valence-corrected chi connectivity index (χ1v) is 26.1. The first-order chi connectivity index (χ1) is 29.0. The van der Waals surface area contributed by atoms with Crippen LogP contribution in [0.15, 0.2) is 24.3 Å². The van der Waals surface area contributed by atoms with Gasteiger partial charge in [-0.3, -0.25) is 9.59 Å². The van der Waals surface area contributed by atoms with Gasteiger partial charge in [-0.1, -0.05) is 212 Å². The number of unbranched alkanes of at least 4 members (excludes halogenated alkanes) is 31. The van der Waals surface area contributed by atoms with Crippen molar-refractivity contribution in [1.82, 2.24) is 5.32 Å². The quantitative estimate of drug-likeness (QED) is 0.0322. The van der Waals surface area contributed by atoms with Gasteiger partial charge in [-0.05, 0) is 77.0 Å². The zero-order chi connectivity index (χ0) is 43.1. The second kappa shape index (κ2) is 47.4. The van der Waals surface area contributed by atoms with Crippen molar-refractivity contribution in [1.29, 1.82) is 0 Å². The summed E-state index contributed by atoms with van der Waals surface area (Å²) in [4.78, 5) is 26.1. The fourth-order valence-corrected chi connectivity index (χ4v) is 8.01. The van der Waals surface area contributed by atoms with Gasteiger partial charge in [0.05, 0.1) is 25.2 Å². The Morgan fingerprint density at radius 3 is 1.25 bits per heavy atom. The van der Waals surface area contributed by atoms with E-state index in [4.69, 9.17) is 4.74 Å². The van der Waals surface area contributed by atoms with E-state index in [9.17, 15) is 19.8 Å². The van der Waals surface area contributed by atoms with Gasteiger partial charge in [0.1, 0.15) is 6.10 Å². The van der Waals surface area contributed by atoms with Gasteiger partial charge in [0, 0.05) is 6.42 Å². The third-order valence-electron chi connectivity index (χ3n) is 12.0. The molecule has 0 heterocycles. The summed E-state index contributed by atoms with van der Waals surface area (Å²) in [6, 6.07) is -0.703. The molecule has 0 saturated carbocycles. The SMILES string of the molecule is CCCCC/C=C\CCCCCC(CC(=O)NC(CO)C(O)CCCCCCCCCCCCCCCC)OC(=O)CCCCCCC/C=C/CCCCCCCCC. The number of ether oxygens (including phenoxy) is 1. The molecule has 0 fully saturated rings. The van der Waals surface area contributed by atoms with Gasteiger partial charge in [-0.15, -0.1) is 0 Å². The van der Waals surface area contributed by atoms with Crippen LogP contribution in [0.5, 0.6) is 0 Å². The molecule has 0 radical (unpaired) electrons. The van der Waals surface area contributed by atoms with Gasteiger partial charge in [-0.25, -0.2) is 0 Å². The smallest absolute Gasteiger partial charge is 0.306 e. The number of esters is 1. The van der Waals surface area contributed by atoms with Crippen molar-refractivity contribution < 1.29 is 24.5 Å². The Morgan fingerprint density at radius 2 is 0.814 bits per heavy atom. The number of aliphatic hydroxyl groups excluding tert-OH is 2. The number of allylic oxidation sites excluding steroid dienone is 4. The molecule has 0 bridgehead atoms. The Balaban J connectivity index is 4.49. The van der Waals surface area contributed by atoms with Crippen LogP contribution in [-0.4, -0.2) is 46.9 Å². The lowest BCUT2D eigenvalue weighted by Crippen LogP contribution is -2.46. The molecule has 6 heteroatoms. The summed E-state index contributed by atoms with van der Waals surface area (Å²) in [5.74, 6) is -0.490. The Bertz CT molecular complexity index is 935. The molecule has 0 aromatic heterocycles. The molecular weight excluding hydrogens is 731 g/mol. The second-order valence-corrected chi connectivity index (χ2v) is 17.9. The van der Waals surface area contributed by atoms with E-state index in [2.05, 4.69) is 50.4 Å². The van der Waals surface area contributed by atoms with Crippen LogP contribution in [0.3, 0.4) is 0 Å². The van der Waals surface area contributed by atoms with Crippen LogP contribution in [0.4, 0.5) is 0 Å². The van der Waals surface area contributed by atoms with Crippen molar-refractivity contribution in [3.63, 3.8) is 0 Å². The van der Waals surface area contributed by atoms with Crippen LogP contribution in [0.25, 0.3) is 0 Å². The Kier molecular flexibility index (Phi) is 46.1. The molecule has 0 spiro atoms. The lowest BCUT2D eigenvalue weighted by molar-refractivity contribution is -0.151. The molecule has 3 N–H and O–H groups in total. The molecule has 3 atom stereocenters. The summed E-state index contributed by atoms with van der Waals surface area (Å²) in [5, 5.41) is 23.7. The van der Waals surface area contributed by atoms with E-state index in [0.29, 0.717) is 19.3 Å². The molecule has 348 valence electrons.